The van der Waals surface area contributed by atoms with Crippen molar-refractivity contribution in [1.29, 1.82) is 0 Å². The van der Waals surface area contributed by atoms with E-state index in [9.17, 15) is 14.7 Å². The van der Waals surface area contributed by atoms with Crippen LogP contribution in [0.2, 0.25) is 10.0 Å². The number of urea groups is 1. The number of nitrogens with one attached hydrogen (secondary N) is 3. The number of allylic oxidation sites excluding steroid dienone is 1. The number of methoxy groups -OCH3 is 2. The van der Waals surface area contributed by atoms with E-state index < -0.39 is 24.3 Å². The van der Waals surface area contributed by atoms with Gasteiger partial charge in [-0.2, -0.15) is 5.10 Å². The number of carbonyl (C=O) groups is 2. The summed E-state index contributed by atoms with van der Waals surface area (Å²) in [7, 11) is 2.79. The molecule has 3 aromatic rings. The Labute approximate surface area is 290 Å². The number of benzene rings is 3. The number of ether oxygens (including phenoxy) is 5. The molecule has 1 aliphatic heterocycles. The van der Waals surface area contributed by atoms with Gasteiger partial charge in [0.2, 0.25) is 0 Å². The number of carbonyl (C=O) groups excluding carboxylic acids is 2. The third-order valence-corrected chi connectivity index (χ3v) is 8.06. The maximum absolute atomic E-state index is 12.5. The average molecular weight is 752 g/mol. The van der Waals surface area contributed by atoms with E-state index in [1.165, 1.54) is 20.4 Å². The lowest BCUT2D eigenvalue weighted by Gasteiger charge is -2.28. The summed E-state index contributed by atoms with van der Waals surface area (Å²) in [6, 6.07) is 12.5. The molecule has 2 atom stereocenters. The minimum atomic E-state index is -1.18. The molecule has 0 bridgehead atoms. The molecule has 47 heavy (non-hydrogen) atoms. The highest BCUT2D eigenvalue weighted by Crippen LogP contribution is 2.38. The average Bonchev–Trinajstić information content (AvgIpc) is 3.04. The second kappa shape index (κ2) is 16.6. The van der Waals surface area contributed by atoms with Crippen LogP contribution in [0, 0.1) is 0 Å². The Balaban J connectivity index is 1.39. The molecule has 0 radical (unpaired) electrons. The van der Waals surface area contributed by atoms with Gasteiger partial charge in [-0.05, 0) is 82.9 Å². The molecular weight excluding hydrogens is 719 g/mol. The number of nitrogens with zero attached hydrogens (tertiary/aromatic N) is 1. The molecule has 0 saturated carbocycles. The standard InChI is InChI=1S/C32H33BrCl2N4O8/c1-5-45-25-13-20(29-28(31(41)44-4)17(2)37-32(42)38-29)7-9-24(25)46-16-27(40)39-36-14-19-10-21(33)30(26(12-19)43-3)47-15-18-6-8-22(34)23(35)11-18/h6-14,27,29,39-40H,5,15-16H2,1-4H3,(H2,37,38,42)/b36-14-/t27-,29-/m0/s1. The van der Waals surface area contributed by atoms with E-state index in [1.807, 2.05) is 6.07 Å². The van der Waals surface area contributed by atoms with Gasteiger partial charge in [-0.1, -0.05) is 35.3 Å². The van der Waals surface area contributed by atoms with Crippen molar-refractivity contribution in [2.45, 2.75) is 32.7 Å². The summed E-state index contributed by atoms with van der Waals surface area (Å²) < 4.78 is 28.6. The van der Waals surface area contributed by atoms with Gasteiger partial charge in [0.25, 0.3) is 0 Å². The third-order valence-electron chi connectivity index (χ3n) is 6.73. The maximum atomic E-state index is 12.5. The Morgan fingerprint density at radius 3 is 2.55 bits per heavy atom. The van der Waals surface area contributed by atoms with Gasteiger partial charge in [0, 0.05) is 5.70 Å². The zero-order valence-corrected chi connectivity index (χ0v) is 29.0. The van der Waals surface area contributed by atoms with Crippen molar-refractivity contribution >= 4 is 57.3 Å². The monoisotopic (exact) mass is 750 g/mol. The molecule has 0 unspecified atom stereocenters. The van der Waals surface area contributed by atoms with Crippen LogP contribution in [-0.4, -0.2) is 57.0 Å². The molecule has 250 valence electrons. The molecule has 0 spiro atoms. The lowest BCUT2D eigenvalue weighted by molar-refractivity contribution is -0.136. The number of halogens is 3. The number of hydrogen-bond acceptors (Lipinski definition) is 10. The van der Waals surface area contributed by atoms with Crippen LogP contribution < -0.4 is 35.0 Å². The maximum Gasteiger partial charge on any atom is 0.337 e. The highest BCUT2D eigenvalue weighted by molar-refractivity contribution is 9.10. The summed E-state index contributed by atoms with van der Waals surface area (Å²) >= 11 is 15.6. The summed E-state index contributed by atoms with van der Waals surface area (Å²) in [6.45, 7) is 3.80. The zero-order chi connectivity index (χ0) is 34.1. The lowest BCUT2D eigenvalue weighted by atomic mass is 9.95. The number of esters is 1. The van der Waals surface area contributed by atoms with E-state index >= 15 is 0 Å². The van der Waals surface area contributed by atoms with Crippen LogP contribution in [0.15, 0.2) is 69.4 Å². The van der Waals surface area contributed by atoms with Crippen LogP contribution in [0.3, 0.4) is 0 Å². The van der Waals surface area contributed by atoms with Crippen molar-refractivity contribution in [3.63, 3.8) is 0 Å². The number of hydrogen-bond donors (Lipinski definition) is 4. The van der Waals surface area contributed by atoms with E-state index in [1.54, 1.807) is 56.3 Å². The first-order chi connectivity index (χ1) is 22.5. The molecule has 0 fully saturated rings. The van der Waals surface area contributed by atoms with E-state index in [4.69, 9.17) is 46.9 Å². The smallest absolute Gasteiger partial charge is 0.337 e. The predicted octanol–water partition coefficient (Wildman–Crippen LogP) is 5.86. The molecule has 0 saturated heterocycles. The highest BCUT2D eigenvalue weighted by Gasteiger charge is 2.32. The Morgan fingerprint density at radius 1 is 1.06 bits per heavy atom. The number of amides is 2. The van der Waals surface area contributed by atoms with Crippen molar-refractivity contribution in [2.24, 2.45) is 5.10 Å². The van der Waals surface area contributed by atoms with Gasteiger partial charge >= 0.3 is 12.0 Å². The van der Waals surface area contributed by atoms with E-state index in [-0.39, 0.29) is 18.8 Å². The van der Waals surface area contributed by atoms with Crippen molar-refractivity contribution in [2.75, 3.05) is 27.4 Å². The first kappa shape index (κ1) is 35.7. The Bertz CT molecular complexity index is 1690. The van der Waals surface area contributed by atoms with Gasteiger partial charge in [0.05, 0.1) is 53.2 Å². The topological polar surface area (TPSA) is 149 Å². The summed E-state index contributed by atoms with van der Waals surface area (Å²) in [5.41, 5.74) is 5.32. The molecule has 4 rings (SSSR count). The van der Waals surface area contributed by atoms with Gasteiger partial charge in [-0.3, -0.25) is 5.43 Å². The predicted molar refractivity (Wildman–Crippen MR) is 180 cm³/mol. The number of hydrazone groups is 1. The molecular formula is C32H33BrCl2N4O8. The summed E-state index contributed by atoms with van der Waals surface area (Å²) in [5, 5.41) is 20.8. The normalized spacial score (nSPS) is 15.1. The second-order valence-corrected chi connectivity index (χ2v) is 11.7. The molecule has 15 heteroatoms. The molecule has 2 amide bonds. The Hall–Kier alpha value is -4.17. The van der Waals surface area contributed by atoms with Gasteiger partial charge in [-0.15, -0.1) is 0 Å². The minimum Gasteiger partial charge on any atom is -0.493 e. The quantitative estimate of drug-likeness (QED) is 0.0688. The lowest BCUT2D eigenvalue weighted by Crippen LogP contribution is -2.45. The molecule has 3 aromatic carbocycles. The van der Waals surface area contributed by atoms with Crippen molar-refractivity contribution in [3.8, 4) is 23.0 Å². The van der Waals surface area contributed by atoms with Gasteiger partial charge < -0.3 is 39.4 Å². The fraction of sp³-hybridized carbons (Fsp3) is 0.281. The molecule has 1 aliphatic rings. The zero-order valence-electron chi connectivity index (χ0n) is 25.9. The first-order valence-electron chi connectivity index (χ1n) is 14.2. The van der Waals surface area contributed by atoms with Crippen LogP contribution in [0.25, 0.3) is 0 Å². The molecule has 1 heterocycles. The van der Waals surface area contributed by atoms with Gasteiger partial charge in [0.1, 0.15) is 13.2 Å². The van der Waals surface area contributed by atoms with E-state index in [0.29, 0.717) is 60.9 Å². The third kappa shape index (κ3) is 9.22. The van der Waals surface area contributed by atoms with Crippen LogP contribution in [0.4, 0.5) is 4.79 Å². The van der Waals surface area contributed by atoms with Crippen molar-refractivity contribution < 1.29 is 38.4 Å². The van der Waals surface area contributed by atoms with Crippen LogP contribution in [0.5, 0.6) is 23.0 Å². The fourth-order valence-electron chi connectivity index (χ4n) is 4.56. The van der Waals surface area contributed by atoms with Crippen molar-refractivity contribution in [1.82, 2.24) is 16.1 Å². The summed E-state index contributed by atoms with van der Waals surface area (Å²) in [4.78, 5) is 24.6. The van der Waals surface area contributed by atoms with Gasteiger partial charge in [-0.25, -0.2) is 9.59 Å². The Morgan fingerprint density at radius 2 is 1.85 bits per heavy atom. The number of rotatable bonds is 14. The highest BCUT2D eigenvalue weighted by atomic mass is 79.9. The number of aliphatic hydroxyl groups excluding tert-OH is 1. The Kier molecular flexibility index (Phi) is 12.6. The van der Waals surface area contributed by atoms with Crippen molar-refractivity contribution in [3.05, 3.63) is 91.0 Å². The molecule has 12 nitrogen and oxygen atoms in total. The van der Waals surface area contributed by atoms with Crippen LogP contribution >= 0.6 is 39.1 Å². The molecule has 0 aliphatic carbocycles. The van der Waals surface area contributed by atoms with E-state index in [0.717, 1.165) is 5.56 Å². The molecule has 0 aromatic heterocycles. The summed E-state index contributed by atoms with van der Waals surface area (Å²) in [5.74, 6) is 1.07. The van der Waals surface area contributed by atoms with Crippen LogP contribution in [-0.2, 0) is 16.1 Å². The van der Waals surface area contributed by atoms with E-state index in [2.05, 4.69) is 37.1 Å². The molecule has 4 N–H and O–H groups in total. The number of aliphatic hydroxyl groups is 1. The van der Waals surface area contributed by atoms with Gasteiger partial charge in [0.15, 0.2) is 29.2 Å². The van der Waals surface area contributed by atoms with Crippen LogP contribution in [0.1, 0.15) is 36.6 Å². The first-order valence-corrected chi connectivity index (χ1v) is 15.8. The SMILES string of the molecule is CCOc1cc([C@@H]2NC(=O)NC(C)=C2C(=O)OC)ccc1OC[C@H](O)N/N=C\c1cc(Br)c(OCc2ccc(Cl)c(Cl)c2)c(OC)c1. The fourth-order valence-corrected chi connectivity index (χ4v) is 5.45. The minimum absolute atomic E-state index is 0.179. The second-order valence-electron chi connectivity index (χ2n) is 9.99. The largest absolute Gasteiger partial charge is 0.493 e. The summed E-state index contributed by atoms with van der Waals surface area (Å²) in [6.07, 6.45) is 0.321.